The number of benzene rings is 2. The zero-order valence-corrected chi connectivity index (χ0v) is 15.6. The van der Waals surface area contributed by atoms with Gasteiger partial charge >= 0.3 is 0 Å². The summed E-state index contributed by atoms with van der Waals surface area (Å²) in [5.74, 6) is 1.11. The molecule has 0 aliphatic rings. The number of aromatic amines is 1. The molecule has 0 atom stereocenters. The predicted octanol–water partition coefficient (Wildman–Crippen LogP) is 4.30. The van der Waals surface area contributed by atoms with Crippen LogP contribution in [0.4, 0.5) is 17.5 Å². The van der Waals surface area contributed by atoms with E-state index in [0.717, 1.165) is 35.1 Å². The first kappa shape index (κ1) is 17.1. The van der Waals surface area contributed by atoms with Gasteiger partial charge in [0, 0.05) is 35.2 Å². The van der Waals surface area contributed by atoms with Crippen molar-refractivity contribution in [2.75, 3.05) is 17.2 Å². The van der Waals surface area contributed by atoms with Gasteiger partial charge in [-0.1, -0.05) is 36.4 Å². The van der Waals surface area contributed by atoms with Gasteiger partial charge in [0.15, 0.2) is 5.82 Å². The van der Waals surface area contributed by atoms with E-state index in [0.29, 0.717) is 11.8 Å². The van der Waals surface area contributed by atoms with Crippen molar-refractivity contribution in [3.63, 3.8) is 0 Å². The average Bonchev–Trinajstić information content (AvgIpc) is 3.18. The minimum absolute atomic E-state index is 0.431. The first-order valence-corrected chi connectivity index (χ1v) is 9.46. The van der Waals surface area contributed by atoms with Crippen LogP contribution in [-0.2, 0) is 6.42 Å². The molecule has 3 aromatic heterocycles. The molecule has 3 heterocycles. The van der Waals surface area contributed by atoms with Crippen LogP contribution < -0.4 is 10.6 Å². The number of hydrogen-bond donors (Lipinski definition) is 3. The maximum Gasteiger partial charge on any atom is 0.249 e. The second-order valence-electron chi connectivity index (χ2n) is 6.71. The van der Waals surface area contributed by atoms with E-state index in [1.54, 1.807) is 12.4 Å². The fraction of sp³-hybridized carbons (Fsp3) is 0.0909. The van der Waals surface area contributed by atoms with E-state index in [-0.39, 0.29) is 0 Å². The quantitative estimate of drug-likeness (QED) is 0.406. The minimum Gasteiger partial charge on any atom is -0.368 e. The van der Waals surface area contributed by atoms with Gasteiger partial charge in [-0.25, -0.2) is 0 Å². The molecule has 0 aliphatic carbocycles. The molecule has 0 aliphatic heterocycles. The number of H-pyrrole nitrogens is 1. The minimum atomic E-state index is 0.431. The summed E-state index contributed by atoms with van der Waals surface area (Å²) in [6, 6.07) is 18.2. The summed E-state index contributed by atoms with van der Waals surface area (Å²) in [6.45, 7) is 0.746. The van der Waals surface area contributed by atoms with E-state index >= 15 is 0 Å². The molecule has 5 rings (SSSR count). The Balaban J connectivity index is 1.28. The molecule has 0 unspecified atom stereocenters. The Morgan fingerprint density at radius 2 is 1.90 bits per heavy atom. The first-order valence-electron chi connectivity index (χ1n) is 9.46. The van der Waals surface area contributed by atoms with Crippen LogP contribution in [0.3, 0.4) is 0 Å². The van der Waals surface area contributed by atoms with Crippen LogP contribution in [0.2, 0.25) is 0 Å². The lowest BCUT2D eigenvalue weighted by Crippen LogP contribution is -2.08. The lowest BCUT2D eigenvalue weighted by atomic mass is 10.1. The van der Waals surface area contributed by atoms with Crippen LogP contribution in [-0.4, -0.2) is 31.7 Å². The summed E-state index contributed by atoms with van der Waals surface area (Å²) < 4.78 is 0. The van der Waals surface area contributed by atoms with Gasteiger partial charge in [-0.3, -0.25) is 4.98 Å². The summed E-state index contributed by atoms with van der Waals surface area (Å²) in [5.41, 5.74) is 4.15. The molecule has 7 nitrogen and oxygen atoms in total. The van der Waals surface area contributed by atoms with Crippen molar-refractivity contribution < 1.29 is 0 Å². The second-order valence-corrected chi connectivity index (χ2v) is 6.71. The number of anilines is 3. The molecule has 5 aromatic rings. The van der Waals surface area contributed by atoms with E-state index < -0.39 is 0 Å². The molecular formula is C22H19N7. The van der Waals surface area contributed by atoms with Gasteiger partial charge < -0.3 is 15.6 Å². The number of para-hydroxylation sites is 2. The smallest absolute Gasteiger partial charge is 0.249 e. The van der Waals surface area contributed by atoms with E-state index in [1.807, 2.05) is 36.4 Å². The molecule has 29 heavy (non-hydrogen) atoms. The van der Waals surface area contributed by atoms with Crippen molar-refractivity contribution in [3.05, 3.63) is 78.8 Å². The molecule has 0 spiro atoms. The summed E-state index contributed by atoms with van der Waals surface area (Å²) in [4.78, 5) is 12.3. The maximum absolute atomic E-state index is 4.52. The fourth-order valence-corrected chi connectivity index (χ4v) is 3.43. The van der Waals surface area contributed by atoms with Gasteiger partial charge in [-0.15, -0.1) is 5.10 Å². The predicted molar refractivity (Wildman–Crippen MR) is 115 cm³/mol. The van der Waals surface area contributed by atoms with Crippen molar-refractivity contribution in [2.24, 2.45) is 0 Å². The highest BCUT2D eigenvalue weighted by molar-refractivity contribution is 5.91. The van der Waals surface area contributed by atoms with Gasteiger partial charge in [0.05, 0.1) is 17.4 Å². The van der Waals surface area contributed by atoms with Crippen LogP contribution in [0.5, 0.6) is 0 Å². The topological polar surface area (TPSA) is 91.4 Å². The van der Waals surface area contributed by atoms with Gasteiger partial charge in [-0.05, 0) is 30.2 Å². The zero-order chi connectivity index (χ0) is 19.5. The molecule has 0 fully saturated rings. The third-order valence-electron chi connectivity index (χ3n) is 4.81. The lowest BCUT2D eigenvalue weighted by Gasteiger charge is -2.09. The highest BCUT2D eigenvalue weighted by atomic mass is 15.3. The molecule has 2 aromatic carbocycles. The van der Waals surface area contributed by atoms with Crippen molar-refractivity contribution in [3.8, 4) is 0 Å². The Morgan fingerprint density at radius 1 is 0.966 bits per heavy atom. The normalized spacial score (nSPS) is 11.0. The van der Waals surface area contributed by atoms with Crippen molar-refractivity contribution in [1.82, 2.24) is 25.1 Å². The Labute approximate surface area is 167 Å². The van der Waals surface area contributed by atoms with Gasteiger partial charge in [0.2, 0.25) is 5.95 Å². The largest absolute Gasteiger partial charge is 0.368 e. The number of rotatable bonds is 6. The Kier molecular flexibility index (Phi) is 4.46. The Morgan fingerprint density at radius 3 is 2.90 bits per heavy atom. The molecule has 142 valence electrons. The lowest BCUT2D eigenvalue weighted by molar-refractivity contribution is 0.952. The highest BCUT2D eigenvalue weighted by Crippen LogP contribution is 2.23. The van der Waals surface area contributed by atoms with Gasteiger partial charge in [0.1, 0.15) is 0 Å². The van der Waals surface area contributed by atoms with Crippen molar-refractivity contribution >= 4 is 39.3 Å². The third kappa shape index (κ3) is 3.58. The number of hydrogen-bond acceptors (Lipinski definition) is 6. The number of nitrogens with one attached hydrogen (secondary N) is 3. The molecule has 7 heteroatoms. The molecule has 0 amide bonds. The van der Waals surface area contributed by atoms with Crippen molar-refractivity contribution in [2.45, 2.75) is 6.42 Å². The Hall–Kier alpha value is -4.00. The van der Waals surface area contributed by atoms with Crippen LogP contribution in [0.1, 0.15) is 5.56 Å². The first-order chi connectivity index (χ1) is 14.4. The summed E-state index contributed by atoms with van der Waals surface area (Å²) in [5, 5.41) is 17.0. The molecule has 3 N–H and O–H groups in total. The van der Waals surface area contributed by atoms with Gasteiger partial charge in [-0.2, -0.15) is 10.1 Å². The van der Waals surface area contributed by atoms with E-state index in [2.05, 4.69) is 60.2 Å². The summed E-state index contributed by atoms with van der Waals surface area (Å²) in [6.07, 6.45) is 6.34. The fourth-order valence-electron chi connectivity index (χ4n) is 3.43. The number of fused-ring (bicyclic) bond motifs is 2. The monoisotopic (exact) mass is 381 g/mol. The third-order valence-corrected chi connectivity index (χ3v) is 4.81. The maximum atomic E-state index is 4.52. The number of nitrogens with zero attached hydrogens (tertiary/aromatic N) is 4. The SMILES string of the molecule is c1cnc2c(Nc3nncc(NCCc4c[nH]c5ccccc45)n3)cccc2c1. The van der Waals surface area contributed by atoms with Crippen LogP contribution in [0.15, 0.2) is 73.2 Å². The summed E-state index contributed by atoms with van der Waals surface area (Å²) >= 11 is 0. The van der Waals surface area contributed by atoms with Gasteiger partial charge in [0.25, 0.3) is 0 Å². The highest BCUT2D eigenvalue weighted by Gasteiger charge is 2.06. The molecule has 0 saturated carbocycles. The van der Waals surface area contributed by atoms with E-state index in [4.69, 9.17) is 0 Å². The zero-order valence-electron chi connectivity index (χ0n) is 15.6. The van der Waals surface area contributed by atoms with E-state index in [1.165, 1.54) is 10.9 Å². The molecule has 0 bridgehead atoms. The number of aromatic nitrogens is 5. The van der Waals surface area contributed by atoms with Crippen LogP contribution in [0.25, 0.3) is 21.8 Å². The van der Waals surface area contributed by atoms with Crippen molar-refractivity contribution in [1.29, 1.82) is 0 Å². The van der Waals surface area contributed by atoms with Crippen LogP contribution in [0, 0.1) is 0 Å². The van der Waals surface area contributed by atoms with E-state index in [9.17, 15) is 0 Å². The Bertz CT molecular complexity index is 1270. The number of pyridine rings is 1. The molecular weight excluding hydrogens is 362 g/mol. The van der Waals surface area contributed by atoms with Crippen LogP contribution >= 0.6 is 0 Å². The molecule has 0 radical (unpaired) electrons. The summed E-state index contributed by atoms with van der Waals surface area (Å²) in [7, 11) is 0. The molecule has 0 saturated heterocycles. The average molecular weight is 381 g/mol. The standard InChI is InChI=1S/C22H19N7/c1-2-8-18-17(7-1)16(13-25-18)10-12-23-20-14-26-29-22(28-20)27-19-9-3-5-15-6-4-11-24-21(15)19/h1-9,11,13-14,25H,10,12H2,(H2,23,27,28,29). The second kappa shape index (κ2) is 7.55.